The van der Waals surface area contributed by atoms with Crippen molar-refractivity contribution in [3.05, 3.63) is 24.8 Å². The number of amides is 1. The largest absolute Gasteiger partial charge is 0.443 e. The molecule has 0 fully saturated rings. The molecular weight excluding hydrogens is 168 g/mol. The molecule has 0 radical (unpaired) electrons. The summed E-state index contributed by atoms with van der Waals surface area (Å²) < 4.78 is 5.13. The van der Waals surface area contributed by atoms with Crippen molar-refractivity contribution in [2.75, 3.05) is 0 Å². The average Bonchev–Trinajstić information content (AvgIpc) is 2.03. The molecule has 1 N–H and O–H groups in total. The van der Waals surface area contributed by atoms with Crippen LogP contribution in [0.25, 0.3) is 0 Å². The van der Waals surface area contributed by atoms with E-state index in [0.717, 1.165) is 0 Å². The van der Waals surface area contributed by atoms with E-state index in [1.54, 1.807) is 24.8 Å². The van der Waals surface area contributed by atoms with E-state index in [0.29, 0.717) is 0 Å². The fourth-order valence-electron chi connectivity index (χ4n) is 0.788. The number of carbonyl (C=O) groups excluding carboxylic acids is 1. The normalized spacial score (nSPS) is 15.5. The van der Waals surface area contributed by atoms with Gasteiger partial charge in [0.2, 0.25) is 0 Å². The van der Waals surface area contributed by atoms with Gasteiger partial charge in [-0.3, -0.25) is 4.90 Å². The van der Waals surface area contributed by atoms with Crippen LogP contribution in [0.4, 0.5) is 4.79 Å². The highest BCUT2D eigenvalue weighted by atomic mass is 16.6. The smallest absolute Gasteiger partial charge is 0.418 e. The molecule has 0 aromatic heterocycles. The van der Waals surface area contributed by atoms with E-state index in [9.17, 15) is 4.79 Å². The Morgan fingerprint density at radius 2 is 1.85 bits per heavy atom. The van der Waals surface area contributed by atoms with Crippen LogP contribution < -0.4 is 5.32 Å². The number of hydrogen-bond donors (Lipinski definition) is 1. The fourth-order valence-corrected chi connectivity index (χ4v) is 0.788. The first kappa shape index (κ1) is 9.64. The van der Waals surface area contributed by atoms with E-state index in [4.69, 9.17) is 4.74 Å². The third-order valence-electron chi connectivity index (χ3n) is 1.27. The summed E-state index contributed by atoms with van der Waals surface area (Å²) in [6, 6.07) is 0. The standard InChI is InChI=1S/C9H14N2O2/c1-9(2,3)13-8(12)11-6-4-10-5-7-11/h4-7,10H,1-3H3. The number of ether oxygens (including phenoxy) is 1. The van der Waals surface area contributed by atoms with Crippen LogP contribution in [0, 0.1) is 0 Å². The molecule has 0 aromatic carbocycles. The highest BCUT2D eigenvalue weighted by Gasteiger charge is 2.19. The monoisotopic (exact) mass is 182 g/mol. The molecule has 1 aliphatic rings. The molecule has 1 heterocycles. The zero-order chi connectivity index (χ0) is 9.90. The number of nitrogens with one attached hydrogen (secondary N) is 1. The van der Waals surface area contributed by atoms with Crippen LogP contribution in [-0.2, 0) is 4.74 Å². The predicted octanol–water partition coefficient (Wildman–Crippen LogP) is 1.77. The number of carbonyl (C=O) groups is 1. The maximum atomic E-state index is 11.4. The number of hydrogen-bond acceptors (Lipinski definition) is 3. The highest BCUT2D eigenvalue weighted by molar-refractivity contribution is 5.70. The molecule has 0 aromatic rings. The average molecular weight is 182 g/mol. The van der Waals surface area contributed by atoms with Crippen LogP contribution >= 0.6 is 0 Å². The molecular formula is C9H14N2O2. The maximum absolute atomic E-state index is 11.4. The Hall–Kier alpha value is -1.45. The lowest BCUT2D eigenvalue weighted by molar-refractivity contribution is 0.0397. The molecule has 1 aliphatic heterocycles. The van der Waals surface area contributed by atoms with E-state index >= 15 is 0 Å². The summed E-state index contributed by atoms with van der Waals surface area (Å²) >= 11 is 0. The summed E-state index contributed by atoms with van der Waals surface area (Å²) in [5.74, 6) is 0. The van der Waals surface area contributed by atoms with Crippen LogP contribution in [0.2, 0.25) is 0 Å². The van der Waals surface area contributed by atoms with Gasteiger partial charge in [0.15, 0.2) is 0 Å². The lowest BCUT2D eigenvalue weighted by atomic mass is 10.2. The molecule has 0 spiro atoms. The molecule has 1 amide bonds. The highest BCUT2D eigenvalue weighted by Crippen LogP contribution is 2.10. The SMILES string of the molecule is CC(C)(C)OC(=O)N1C=CNC=C1. The van der Waals surface area contributed by atoms with E-state index in [1.807, 2.05) is 20.8 Å². The molecule has 13 heavy (non-hydrogen) atoms. The van der Waals surface area contributed by atoms with Crippen molar-refractivity contribution < 1.29 is 9.53 Å². The minimum Gasteiger partial charge on any atom is -0.443 e. The Balaban J connectivity index is 2.53. The summed E-state index contributed by atoms with van der Waals surface area (Å²) in [6.45, 7) is 5.50. The Morgan fingerprint density at radius 1 is 1.31 bits per heavy atom. The number of nitrogens with zero attached hydrogens (tertiary/aromatic N) is 1. The first-order valence-electron chi connectivity index (χ1n) is 4.10. The quantitative estimate of drug-likeness (QED) is 0.620. The summed E-state index contributed by atoms with van der Waals surface area (Å²) in [4.78, 5) is 12.8. The first-order chi connectivity index (χ1) is 5.99. The van der Waals surface area contributed by atoms with Gasteiger partial charge < -0.3 is 10.1 Å². The molecule has 0 unspecified atom stereocenters. The van der Waals surface area contributed by atoms with Crippen molar-refractivity contribution in [1.29, 1.82) is 0 Å². The molecule has 4 heteroatoms. The molecule has 4 nitrogen and oxygen atoms in total. The van der Waals surface area contributed by atoms with E-state index in [1.165, 1.54) is 4.90 Å². The number of rotatable bonds is 0. The van der Waals surface area contributed by atoms with Crippen molar-refractivity contribution >= 4 is 6.09 Å². The Kier molecular flexibility index (Phi) is 2.60. The lowest BCUT2D eigenvalue weighted by Crippen LogP contribution is -2.32. The third-order valence-corrected chi connectivity index (χ3v) is 1.27. The zero-order valence-electron chi connectivity index (χ0n) is 8.07. The van der Waals surface area contributed by atoms with Crippen molar-refractivity contribution in [3.63, 3.8) is 0 Å². The molecule has 1 rings (SSSR count). The van der Waals surface area contributed by atoms with Gasteiger partial charge in [0.25, 0.3) is 0 Å². The second-order valence-corrected chi connectivity index (χ2v) is 3.69. The Morgan fingerprint density at radius 3 is 2.31 bits per heavy atom. The van der Waals surface area contributed by atoms with Gasteiger partial charge in [-0.25, -0.2) is 4.79 Å². The Bertz CT molecular complexity index is 239. The van der Waals surface area contributed by atoms with E-state index in [2.05, 4.69) is 5.32 Å². The lowest BCUT2D eigenvalue weighted by Gasteiger charge is -2.23. The van der Waals surface area contributed by atoms with Crippen molar-refractivity contribution in [3.8, 4) is 0 Å². The third kappa shape index (κ3) is 3.19. The van der Waals surface area contributed by atoms with Crippen molar-refractivity contribution in [1.82, 2.24) is 10.2 Å². The van der Waals surface area contributed by atoms with E-state index in [-0.39, 0.29) is 6.09 Å². The summed E-state index contributed by atoms with van der Waals surface area (Å²) in [7, 11) is 0. The second-order valence-electron chi connectivity index (χ2n) is 3.69. The zero-order valence-corrected chi connectivity index (χ0v) is 8.07. The topological polar surface area (TPSA) is 41.6 Å². The van der Waals surface area contributed by atoms with Gasteiger partial charge in [-0.2, -0.15) is 0 Å². The molecule has 0 atom stereocenters. The van der Waals surface area contributed by atoms with Crippen LogP contribution in [0.5, 0.6) is 0 Å². The molecule has 72 valence electrons. The van der Waals surface area contributed by atoms with Gasteiger partial charge in [0.1, 0.15) is 5.60 Å². The minimum atomic E-state index is -0.455. The first-order valence-corrected chi connectivity index (χ1v) is 4.10. The van der Waals surface area contributed by atoms with Gasteiger partial charge in [-0.1, -0.05) is 0 Å². The minimum absolute atomic E-state index is 0.374. The summed E-state index contributed by atoms with van der Waals surface area (Å²) in [6.07, 6.45) is 6.15. The van der Waals surface area contributed by atoms with Crippen molar-refractivity contribution in [2.24, 2.45) is 0 Å². The van der Waals surface area contributed by atoms with Gasteiger partial charge in [-0.05, 0) is 20.8 Å². The van der Waals surface area contributed by atoms with Crippen LogP contribution in [0.3, 0.4) is 0 Å². The van der Waals surface area contributed by atoms with Crippen LogP contribution in [0.15, 0.2) is 24.8 Å². The fraction of sp³-hybridized carbons (Fsp3) is 0.444. The van der Waals surface area contributed by atoms with Gasteiger partial charge in [0, 0.05) is 24.8 Å². The molecule has 0 bridgehead atoms. The molecule has 0 saturated heterocycles. The second kappa shape index (κ2) is 3.51. The van der Waals surface area contributed by atoms with Gasteiger partial charge in [0.05, 0.1) is 0 Å². The Labute approximate surface area is 77.9 Å². The summed E-state index contributed by atoms with van der Waals surface area (Å²) in [5.41, 5.74) is -0.455. The van der Waals surface area contributed by atoms with Gasteiger partial charge >= 0.3 is 6.09 Å². The predicted molar refractivity (Wildman–Crippen MR) is 49.5 cm³/mol. The van der Waals surface area contributed by atoms with E-state index < -0.39 is 5.60 Å². The molecule has 0 aliphatic carbocycles. The van der Waals surface area contributed by atoms with Gasteiger partial charge in [-0.15, -0.1) is 0 Å². The maximum Gasteiger partial charge on any atom is 0.418 e. The van der Waals surface area contributed by atoms with Crippen LogP contribution in [0.1, 0.15) is 20.8 Å². The molecule has 0 saturated carbocycles. The van der Waals surface area contributed by atoms with Crippen molar-refractivity contribution in [2.45, 2.75) is 26.4 Å². The van der Waals surface area contributed by atoms with Crippen LogP contribution in [-0.4, -0.2) is 16.6 Å². The summed E-state index contributed by atoms with van der Waals surface area (Å²) in [5, 5.41) is 2.82.